The number of nitrogens with two attached hydrogens (primary N) is 1. The number of carbonyl (C=O) groups excluding carboxylic acids is 1. The van der Waals surface area contributed by atoms with Gasteiger partial charge in [-0.1, -0.05) is 0 Å². The molecule has 1 fully saturated rings. The van der Waals surface area contributed by atoms with E-state index < -0.39 is 0 Å². The van der Waals surface area contributed by atoms with E-state index >= 15 is 0 Å². The molecule has 1 aromatic rings. The van der Waals surface area contributed by atoms with E-state index in [4.69, 9.17) is 5.73 Å². The van der Waals surface area contributed by atoms with Crippen LogP contribution in [0.25, 0.3) is 0 Å². The van der Waals surface area contributed by atoms with Gasteiger partial charge in [0.15, 0.2) is 0 Å². The Morgan fingerprint density at radius 2 is 2.32 bits per heavy atom. The first-order chi connectivity index (χ1) is 8.98. The minimum atomic E-state index is -0.370. The molecule has 0 saturated carbocycles. The number of nitrogens with zero attached hydrogens (tertiary/aromatic N) is 3. The van der Waals surface area contributed by atoms with Gasteiger partial charge in [-0.3, -0.25) is 4.79 Å². The molecule has 0 bridgehead atoms. The highest BCUT2D eigenvalue weighted by Crippen LogP contribution is 2.32. The van der Waals surface area contributed by atoms with E-state index in [0.717, 1.165) is 24.4 Å². The number of aryl methyl sites for hydroxylation is 1. The van der Waals surface area contributed by atoms with Crippen molar-refractivity contribution in [1.29, 1.82) is 0 Å². The molecule has 1 saturated heterocycles. The molecule has 6 nitrogen and oxygen atoms in total. The van der Waals surface area contributed by atoms with Crippen LogP contribution in [0.3, 0.4) is 0 Å². The highest BCUT2D eigenvalue weighted by atomic mass is 16.2. The fourth-order valence-corrected chi connectivity index (χ4v) is 2.48. The predicted octanol–water partition coefficient (Wildman–Crippen LogP) is 0.206. The number of rotatable bonds is 3. The van der Waals surface area contributed by atoms with Gasteiger partial charge < -0.3 is 16.0 Å². The Balaban J connectivity index is 2.21. The van der Waals surface area contributed by atoms with Crippen LogP contribution in [0.1, 0.15) is 24.7 Å². The van der Waals surface area contributed by atoms with Crippen molar-refractivity contribution in [2.45, 2.75) is 26.8 Å². The third kappa shape index (κ3) is 2.68. The van der Waals surface area contributed by atoms with Gasteiger partial charge in [0.05, 0.1) is 11.1 Å². The minimum Gasteiger partial charge on any atom is -0.359 e. The van der Waals surface area contributed by atoms with Crippen LogP contribution in [0, 0.1) is 12.3 Å². The van der Waals surface area contributed by atoms with E-state index in [-0.39, 0.29) is 11.3 Å². The predicted molar refractivity (Wildman–Crippen MR) is 73.7 cm³/mol. The molecule has 104 valence electrons. The highest BCUT2D eigenvalue weighted by Gasteiger charge is 2.40. The lowest BCUT2D eigenvalue weighted by molar-refractivity contribution is -0.128. The zero-order valence-corrected chi connectivity index (χ0v) is 11.7. The Labute approximate surface area is 113 Å². The standard InChI is InChI=1S/C13H21N5O/c1-9-6-10(7-14)17-12(16-9)18-5-4-13(2,8-18)11(19)15-3/h6H,4-5,7-8,14H2,1-3H3,(H,15,19). The van der Waals surface area contributed by atoms with Crippen LogP contribution >= 0.6 is 0 Å². The number of hydrogen-bond acceptors (Lipinski definition) is 5. The van der Waals surface area contributed by atoms with Crippen molar-refractivity contribution in [2.75, 3.05) is 25.0 Å². The van der Waals surface area contributed by atoms with Gasteiger partial charge >= 0.3 is 0 Å². The second-order valence-corrected chi connectivity index (χ2v) is 5.32. The molecule has 0 spiro atoms. The Morgan fingerprint density at radius 3 is 2.95 bits per heavy atom. The van der Waals surface area contributed by atoms with Gasteiger partial charge in [-0.2, -0.15) is 0 Å². The van der Waals surface area contributed by atoms with Crippen molar-refractivity contribution in [3.05, 3.63) is 17.5 Å². The maximum Gasteiger partial charge on any atom is 0.227 e. The lowest BCUT2D eigenvalue weighted by Gasteiger charge is -2.23. The molecule has 1 unspecified atom stereocenters. The smallest absolute Gasteiger partial charge is 0.227 e. The van der Waals surface area contributed by atoms with Gasteiger partial charge in [0.2, 0.25) is 11.9 Å². The fraction of sp³-hybridized carbons (Fsp3) is 0.615. The van der Waals surface area contributed by atoms with Crippen LogP contribution < -0.4 is 16.0 Å². The summed E-state index contributed by atoms with van der Waals surface area (Å²) in [6.07, 6.45) is 0.807. The molecule has 1 atom stereocenters. The molecule has 0 aliphatic carbocycles. The van der Waals surface area contributed by atoms with E-state index in [9.17, 15) is 4.79 Å². The monoisotopic (exact) mass is 263 g/mol. The van der Waals surface area contributed by atoms with E-state index in [1.54, 1.807) is 7.05 Å². The largest absolute Gasteiger partial charge is 0.359 e. The van der Waals surface area contributed by atoms with Gasteiger partial charge in [0, 0.05) is 32.4 Å². The van der Waals surface area contributed by atoms with Crippen LogP contribution in [0.2, 0.25) is 0 Å². The first-order valence-corrected chi connectivity index (χ1v) is 6.50. The number of amides is 1. The van der Waals surface area contributed by atoms with E-state index in [1.807, 2.05) is 19.9 Å². The lowest BCUT2D eigenvalue weighted by atomic mass is 9.89. The maximum atomic E-state index is 11.9. The number of nitrogens with one attached hydrogen (secondary N) is 1. The molecule has 1 amide bonds. The van der Waals surface area contributed by atoms with Crippen molar-refractivity contribution >= 4 is 11.9 Å². The van der Waals surface area contributed by atoms with E-state index in [0.29, 0.717) is 19.0 Å². The van der Waals surface area contributed by atoms with Crippen LogP contribution in [0.5, 0.6) is 0 Å². The topological polar surface area (TPSA) is 84.1 Å². The molecular weight excluding hydrogens is 242 g/mol. The van der Waals surface area contributed by atoms with Gasteiger partial charge in [0.25, 0.3) is 0 Å². The summed E-state index contributed by atoms with van der Waals surface area (Å²) >= 11 is 0. The first kappa shape index (κ1) is 13.7. The maximum absolute atomic E-state index is 11.9. The fourth-order valence-electron chi connectivity index (χ4n) is 2.48. The van der Waals surface area contributed by atoms with Crippen LogP contribution in [0.4, 0.5) is 5.95 Å². The van der Waals surface area contributed by atoms with Gasteiger partial charge in [-0.25, -0.2) is 9.97 Å². The van der Waals surface area contributed by atoms with Gasteiger partial charge in [0.1, 0.15) is 0 Å². The summed E-state index contributed by atoms with van der Waals surface area (Å²) in [5, 5.41) is 2.73. The molecule has 2 rings (SSSR count). The summed E-state index contributed by atoms with van der Waals surface area (Å²) in [5.41, 5.74) is 7.00. The third-order valence-corrected chi connectivity index (χ3v) is 3.64. The Morgan fingerprint density at radius 1 is 1.58 bits per heavy atom. The Hall–Kier alpha value is -1.69. The van der Waals surface area contributed by atoms with Gasteiger partial charge in [-0.15, -0.1) is 0 Å². The molecule has 1 aliphatic rings. The summed E-state index contributed by atoms with van der Waals surface area (Å²) in [5.74, 6) is 0.745. The zero-order valence-electron chi connectivity index (χ0n) is 11.7. The SMILES string of the molecule is CNC(=O)C1(C)CCN(c2nc(C)cc(CN)n2)C1. The van der Waals surface area contributed by atoms with E-state index in [2.05, 4.69) is 20.2 Å². The second kappa shape index (κ2) is 5.13. The number of hydrogen-bond donors (Lipinski definition) is 2. The highest BCUT2D eigenvalue weighted by molar-refractivity contribution is 5.83. The quantitative estimate of drug-likeness (QED) is 0.814. The average Bonchev–Trinajstić information content (AvgIpc) is 2.81. The second-order valence-electron chi connectivity index (χ2n) is 5.32. The minimum absolute atomic E-state index is 0.0710. The van der Waals surface area contributed by atoms with E-state index in [1.165, 1.54) is 0 Å². The Kier molecular flexibility index (Phi) is 3.71. The van der Waals surface area contributed by atoms with Crippen molar-refractivity contribution in [1.82, 2.24) is 15.3 Å². The zero-order chi connectivity index (χ0) is 14.0. The molecule has 0 radical (unpaired) electrons. The van der Waals surface area contributed by atoms with Crippen molar-refractivity contribution in [2.24, 2.45) is 11.1 Å². The summed E-state index contributed by atoms with van der Waals surface area (Å²) < 4.78 is 0. The lowest BCUT2D eigenvalue weighted by Crippen LogP contribution is -2.39. The number of anilines is 1. The van der Waals surface area contributed by atoms with Crippen LogP contribution in [-0.4, -0.2) is 36.0 Å². The Bertz CT molecular complexity index is 490. The summed E-state index contributed by atoms with van der Waals surface area (Å²) in [4.78, 5) is 22.8. The molecule has 3 N–H and O–H groups in total. The molecular formula is C13H21N5O. The number of carbonyl (C=O) groups is 1. The first-order valence-electron chi connectivity index (χ1n) is 6.50. The van der Waals surface area contributed by atoms with Crippen molar-refractivity contribution < 1.29 is 4.79 Å². The third-order valence-electron chi connectivity index (χ3n) is 3.64. The molecule has 1 aromatic heterocycles. The van der Waals surface area contributed by atoms with Crippen molar-refractivity contribution in [3.8, 4) is 0 Å². The van der Waals surface area contributed by atoms with Gasteiger partial charge in [-0.05, 0) is 26.3 Å². The molecule has 2 heterocycles. The normalized spacial score (nSPS) is 22.6. The summed E-state index contributed by atoms with van der Waals surface area (Å²) in [6, 6.07) is 1.89. The molecule has 19 heavy (non-hydrogen) atoms. The molecule has 0 aromatic carbocycles. The summed E-state index contributed by atoms with van der Waals surface area (Å²) in [7, 11) is 1.67. The van der Waals surface area contributed by atoms with Crippen LogP contribution in [-0.2, 0) is 11.3 Å². The summed E-state index contributed by atoms with van der Waals surface area (Å²) in [6.45, 7) is 5.73. The number of aromatic nitrogens is 2. The van der Waals surface area contributed by atoms with Crippen LogP contribution in [0.15, 0.2) is 6.07 Å². The molecule has 6 heteroatoms. The van der Waals surface area contributed by atoms with Crippen molar-refractivity contribution in [3.63, 3.8) is 0 Å². The molecule has 1 aliphatic heterocycles. The average molecular weight is 263 g/mol.